The molecule has 0 heterocycles. The molecule has 1 atom stereocenters. The first-order valence-corrected chi connectivity index (χ1v) is 5.12. The molecular weight excluding hydrogens is 198 g/mol. The van der Waals surface area contributed by atoms with Crippen LogP contribution in [-0.4, -0.2) is 18.7 Å². The summed E-state index contributed by atoms with van der Waals surface area (Å²) in [6.07, 6.45) is -0.464. The van der Waals surface area contributed by atoms with Crippen LogP contribution in [0.4, 0.5) is 5.69 Å². The first-order chi connectivity index (χ1) is 6.56. The Morgan fingerprint density at radius 3 is 2.57 bits per heavy atom. The van der Waals surface area contributed by atoms with Gasteiger partial charge in [0.25, 0.3) is 0 Å². The van der Waals surface area contributed by atoms with E-state index < -0.39 is 6.10 Å². The van der Waals surface area contributed by atoms with Crippen LogP contribution in [0.5, 0.6) is 0 Å². The average molecular weight is 214 g/mol. The first-order valence-electron chi connectivity index (χ1n) is 4.75. The van der Waals surface area contributed by atoms with Gasteiger partial charge in [-0.1, -0.05) is 17.7 Å². The van der Waals surface area contributed by atoms with E-state index in [9.17, 15) is 5.11 Å². The Balaban J connectivity index is 3.01. The number of rotatable bonds is 3. The zero-order valence-electron chi connectivity index (χ0n) is 8.79. The quantitative estimate of drug-likeness (QED) is 0.835. The molecule has 1 N–H and O–H groups in total. The maximum absolute atomic E-state index is 9.36. The lowest BCUT2D eigenvalue weighted by Gasteiger charge is -2.19. The number of aliphatic hydroxyl groups excluding tert-OH is 1. The van der Waals surface area contributed by atoms with Crippen LogP contribution in [0, 0.1) is 0 Å². The van der Waals surface area contributed by atoms with Gasteiger partial charge in [0.2, 0.25) is 0 Å². The SMILES string of the molecule is CCN(C)c1ccc([C@H](C)O)cc1Cl. The van der Waals surface area contributed by atoms with Gasteiger partial charge in [-0.2, -0.15) is 0 Å². The summed E-state index contributed by atoms with van der Waals surface area (Å²) < 4.78 is 0. The molecule has 1 rings (SSSR count). The summed E-state index contributed by atoms with van der Waals surface area (Å²) in [5.41, 5.74) is 1.85. The minimum atomic E-state index is -0.464. The van der Waals surface area contributed by atoms with Gasteiger partial charge in [-0.15, -0.1) is 0 Å². The Bertz CT molecular complexity index is 312. The Labute approximate surface area is 90.1 Å². The van der Waals surface area contributed by atoms with Crippen molar-refractivity contribution in [3.63, 3.8) is 0 Å². The van der Waals surface area contributed by atoms with E-state index in [1.165, 1.54) is 0 Å². The molecule has 78 valence electrons. The Morgan fingerprint density at radius 1 is 1.50 bits per heavy atom. The van der Waals surface area contributed by atoms with Gasteiger partial charge in [0.1, 0.15) is 0 Å². The molecule has 0 fully saturated rings. The van der Waals surface area contributed by atoms with Gasteiger partial charge in [-0.3, -0.25) is 0 Å². The zero-order valence-corrected chi connectivity index (χ0v) is 9.54. The normalized spacial score (nSPS) is 12.6. The molecule has 0 saturated heterocycles. The second kappa shape index (κ2) is 4.67. The second-order valence-electron chi connectivity index (χ2n) is 3.40. The van der Waals surface area contributed by atoms with Crippen molar-refractivity contribution in [1.82, 2.24) is 0 Å². The minimum Gasteiger partial charge on any atom is -0.389 e. The molecule has 1 aromatic rings. The summed E-state index contributed by atoms with van der Waals surface area (Å²) in [4.78, 5) is 2.06. The molecule has 0 spiro atoms. The van der Waals surface area contributed by atoms with Crippen molar-refractivity contribution < 1.29 is 5.11 Å². The van der Waals surface area contributed by atoms with E-state index in [-0.39, 0.29) is 0 Å². The van der Waals surface area contributed by atoms with Crippen LogP contribution in [-0.2, 0) is 0 Å². The number of aliphatic hydroxyl groups is 1. The first kappa shape index (κ1) is 11.3. The van der Waals surface area contributed by atoms with E-state index in [2.05, 4.69) is 11.8 Å². The molecule has 0 aliphatic rings. The predicted molar refractivity (Wildman–Crippen MR) is 61.0 cm³/mol. The number of hydrogen-bond donors (Lipinski definition) is 1. The van der Waals surface area contributed by atoms with Gasteiger partial charge < -0.3 is 10.0 Å². The summed E-state index contributed by atoms with van der Waals surface area (Å²) in [6.45, 7) is 4.71. The summed E-state index contributed by atoms with van der Waals surface area (Å²) in [5, 5.41) is 10.1. The van der Waals surface area contributed by atoms with Gasteiger partial charge in [-0.25, -0.2) is 0 Å². The van der Waals surface area contributed by atoms with Crippen LogP contribution in [0.25, 0.3) is 0 Å². The van der Waals surface area contributed by atoms with Crippen molar-refractivity contribution in [3.05, 3.63) is 28.8 Å². The van der Waals surface area contributed by atoms with Gasteiger partial charge in [0.05, 0.1) is 16.8 Å². The number of anilines is 1. The van der Waals surface area contributed by atoms with Crippen LogP contribution < -0.4 is 4.90 Å². The molecule has 14 heavy (non-hydrogen) atoms. The van der Waals surface area contributed by atoms with E-state index in [4.69, 9.17) is 11.6 Å². The molecule has 0 aliphatic carbocycles. The Morgan fingerprint density at radius 2 is 2.14 bits per heavy atom. The number of hydrogen-bond acceptors (Lipinski definition) is 2. The highest BCUT2D eigenvalue weighted by molar-refractivity contribution is 6.33. The fourth-order valence-electron chi connectivity index (χ4n) is 1.26. The van der Waals surface area contributed by atoms with E-state index in [0.29, 0.717) is 5.02 Å². The molecule has 0 aliphatic heterocycles. The van der Waals surface area contributed by atoms with Crippen molar-refractivity contribution in [3.8, 4) is 0 Å². The summed E-state index contributed by atoms with van der Waals surface area (Å²) in [7, 11) is 1.99. The lowest BCUT2D eigenvalue weighted by molar-refractivity contribution is 0.199. The molecule has 3 heteroatoms. The van der Waals surface area contributed by atoms with E-state index >= 15 is 0 Å². The lowest BCUT2D eigenvalue weighted by Crippen LogP contribution is -2.16. The van der Waals surface area contributed by atoms with Gasteiger partial charge in [0.15, 0.2) is 0 Å². The molecule has 2 nitrogen and oxygen atoms in total. The molecule has 0 amide bonds. The molecule has 0 aromatic heterocycles. The third-order valence-corrected chi connectivity index (χ3v) is 2.64. The highest BCUT2D eigenvalue weighted by Gasteiger charge is 2.07. The van der Waals surface area contributed by atoms with Crippen LogP contribution in [0.3, 0.4) is 0 Å². The third kappa shape index (κ3) is 2.40. The highest BCUT2D eigenvalue weighted by atomic mass is 35.5. The maximum Gasteiger partial charge on any atom is 0.0762 e. The zero-order chi connectivity index (χ0) is 10.7. The molecule has 0 saturated carbocycles. The van der Waals surface area contributed by atoms with Gasteiger partial charge in [-0.05, 0) is 31.5 Å². The summed E-state index contributed by atoms with van der Waals surface area (Å²) in [5.74, 6) is 0. The smallest absolute Gasteiger partial charge is 0.0762 e. The van der Waals surface area contributed by atoms with Crippen LogP contribution in [0.15, 0.2) is 18.2 Å². The van der Waals surface area contributed by atoms with Crippen molar-refractivity contribution in [2.45, 2.75) is 20.0 Å². The monoisotopic (exact) mass is 213 g/mol. The molecule has 0 bridgehead atoms. The van der Waals surface area contributed by atoms with Crippen molar-refractivity contribution in [2.24, 2.45) is 0 Å². The van der Waals surface area contributed by atoms with Crippen LogP contribution in [0.1, 0.15) is 25.5 Å². The van der Waals surface area contributed by atoms with E-state index in [1.54, 1.807) is 6.92 Å². The highest BCUT2D eigenvalue weighted by Crippen LogP contribution is 2.27. The third-order valence-electron chi connectivity index (χ3n) is 2.34. The molecule has 0 radical (unpaired) electrons. The van der Waals surface area contributed by atoms with E-state index in [1.807, 2.05) is 25.2 Å². The minimum absolute atomic E-state index is 0.464. The van der Waals surface area contributed by atoms with Gasteiger partial charge >= 0.3 is 0 Å². The average Bonchev–Trinajstić information content (AvgIpc) is 2.16. The largest absolute Gasteiger partial charge is 0.389 e. The predicted octanol–water partition coefficient (Wildman–Crippen LogP) is 2.85. The topological polar surface area (TPSA) is 23.5 Å². The van der Waals surface area contributed by atoms with Crippen LogP contribution in [0.2, 0.25) is 5.02 Å². The number of benzene rings is 1. The van der Waals surface area contributed by atoms with Crippen LogP contribution >= 0.6 is 11.6 Å². The lowest BCUT2D eigenvalue weighted by atomic mass is 10.1. The Kier molecular flexibility index (Phi) is 3.78. The maximum atomic E-state index is 9.36. The number of halogens is 1. The van der Waals surface area contributed by atoms with Crippen molar-refractivity contribution in [2.75, 3.05) is 18.5 Å². The Hall–Kier alpha value is -0.730. The van der Waals surface area contributed by atoms with E-state index in [0.717, 1.165) is 17.8 Å². The van der Waals surface area contributed by atoms with Crippen molar-refractivity contribution in [1.29, 1.82) is 0 Å². The molecular formula is C11H16ClNO. The molecule has 0 unspecified atom stereocenters. The summed E-state index contributed by atoms with van der Waals surface area (Å²) >= 11 is 6.09. The van der Waals surface area contributed by atoms with Crippen molar-refractivity contribution >= 4 is 17.3 Å². The summed E-state index contributed by atoms with van der Waals surface area (Å²) in [6, 6.07) is 5.65. The second-order valence-corrected chi connectivity index (χ2v) is 3.81. The van der Waals surface area contributed by atoms with Gasteiger partial charge in [0, 0.05) is 13.6 Å². The number of nitrogens with zero attached hydrogens (tertiary/aromatic N) is 1. The standard InChI is InChI=1S/C11H16ClNO/c1-4-13(3)11-6-5-9(8(2)14)7-10(11)12/h5-8,14H,4H2,1-3H3/t8-/m0/s1. The fourth-order valence-corrected chi connectivity index (χ4v) is 1.60. The molecule has 1 aromatic carbocycles. The fraction of sp³-hybridized carbons (Fsp3) is 0.455.